The standard InChI is InChI=1S/C11H18N2O6/c1-4-19-11(17)8(10(15)16)12-9(14)7(13-18)5-6(2)3/h6-8H,4-5H2,1-3H3,(H,12,14)(H,15,16). The minimum atomic E-state index is -1.83. The van der Waals surface area contributed by atoms with Crippen LogP contribution in [0.1, 0.15) is 27.2 Å². The van der Waals surface area contributed by atoms with Crippen molar-refractivity contribution in [3.8, 4) is 0 Å². The quantitative estimate of drug-likeness (QED) is 0.373. The van der Waals surface area contributed by atoms with Crippen molar-refractivity contribution in [2.45, 2.75) is 39.3 Å². The molecule has 108 valence electrons. The van der Waals surface area contributed by atoms with Crippen molar-refractivity contribution in [1.29, 1.82) is 0 Å². The number of nitroso groups, excluding NO2 is 1. The number of hydrogen-bond acceptors (Lipinski definition) is 6. The van der Waals surface area contributed by atoms with Crippen LogP contribution < -0.4 is 5.32 Å². The number of carboxylic acid groups (broad SMARTS) is 1. The number of carbonyl (C=O) groups excluding carboxylic acids is 2. The van der Waals surface area contributed by atoms with Crippen LogP contribution in [0.4, 0.5) is 0 Å². The molecule has 0 saturated carbocycles. The molecule has 0 radical (unpaired) electrons. The number of carboxylic acids is 1. The SMILES string of the molecule is CCOC(=O)C(NC(=O)C(CC(C)C)N=O)C(=O)O. The molecule has 0 aromatic carbocycles. The Morgan fingerprint density at radius 3 is 2.26 bits per heavy atom. The third kappa shape index (κ3) is 5.94. The van der Waals surface area contributed by atoms with E-state index in [-0.39, 0.29) is 18.9 Å². The van der Waals surface area contributed by atoms with Crippen molar-refractivity contribution < 1.29 is 24.2 Å². The highest BCUT2D eigenvalue weighted by Gasteiger charge is 2.32. The fraction of sp³-hybridized carbons (Fsp3) is 0.727. The first kappa shape index (κ1) is 17.0. The molecule has 2 atom stereocenters. The van der Waals surface area contributed by atoms with Crippen molar-refractivity contribution in [3.63, 3.8) is 0 Å². The predicted octanol–water partition coefficient (Wildman–Crippen LogP) is 0.300. The number of carbonyl (C=O) groups is 3. The van der Waals surface area contributed by atoms with Crippen LogP contribution in [0, 0.1) is 10.8 Å². The molecule has 0 spiro atoms. The zero-order valence-corrected chi connectivity index (χ0v) is 11.1. The number of nitrogens with one attached hydrogen (secondary N) is 1. The highest BCUT2D eigenvalue weighted by atomic mass is 16.5. The van der Waals surface area contributed by atoms with Crippen LogP contribution in [-0.4, -0.2) is 41.6 Å². The molecular weight excluding hydrogens is 256 g/mol. The van der Waals surface area contributed by atoms with Crippen LogP contribution in [0.5, 0.6) is 0 Å². The summed E-state index contributed by atoms with van der Waals surface area (Å²) < 4.78 is 4.52. The Balaban J connectivity index is 4.74. The van der Waals surface area contributed by atoms with Gasteiger partial charge >= 0.3 is 11.9 Å². The third-order valence-electron chi connectivity index (χ3n) is 2.18. The summed E-state index contributed by atoms with van der Waals surface area (Å²) in [7, 11) is 0. The van der Waals surface area contributed by atoms with Crippen molar-refractivity contribution in [2.24, 2.45) is 11.1 Å². The fourth-order valence-corrected chi connectivity index (χ4v) is 1.33. The van der Waals surface area contributed by atoms with Crippen LogP contribution >= 0.6 is 0 Å². The first-order valence-corrected chi connectivity index (χ1v) is 5.85. The van der Waals surface area contributed by atoms with Crippen LogP contribution in [0.25, 0.3) is 0 Å². The largest absolute Gasteiger partial charge is 0.479 e. The van der Waals surface area contributed by atoms with Crippen molar-refractivity contribution >= 4 is 17.8 Å². The third-order valence-corrected chi connectivity index (χ3v) is 2.18. The second kappa shape index (κ2) is 8.17. The molecular formula is C11H18N2O6. The maximum Gasteiger partial charge on any atom is 0.340 e. The van der Waals surface area contributed by atoms with E-state index in [9.17, 15) is 19.3 Å². The summed E-state index contributed by atoms with van der Waals surface area (Å²) in [6, 6.07) is -3.06. The molecule has 0 aliphatic heterocycles. The Kier molecular flexibility index (Phi) is 7.32. The predicted molar refractivity (Wildman–Crippen MR) is 65.2 cm³/mol. The van der Waals surface area contributed by atoms with Gasteiger partial charge in [0.05, 0.1) is 6.61 Å². The molecule has 0 aliphatic rings. The molecule has 0 fully saturated rings. The first-order chi connectivity index (χ1) is 8.83. The van der Waals surface area contributed by atoms with Crippen molar-refractivity contribution in [2.75, 3.05) is 6.61 Å². The molecule has 0 aromatic rings. The van der Waals surface area contributed by atoms with Crippen molar-refractivity contribution in [1.82, 2.24) is 5.32 Å². The van der Waals surface area contributed by atoms with Crippen molar-refractivity contribution in [3.05, 3.63) is 4.91 Å². The van der Waals surface area contributed by atoms with E-state index < -0.39 is 29.9 Å². The van der Waals surface area contributed by atoms with Gasteiger partial charge in [0, 0.05) is 0 Å². The molecule has 8 nitrogen and oxygen atoms in total. The lowest BCUT2D eigenvalue weighted by Crippen LogP contribution is -2.50. The first-order valence-electron chi connectivity index (χ1n) is 5.85. The van der Waals surface area contributed by atoms with E-state index in [2.05, 4.69) is 9.91 Å². The van der Waals surface area contributed by atoms with Gasteiger partial charge in [-0.3, -0.25) is 4.79 Å². The van der Waals surface area contributed by atoms with Crippen LogP contribution in [-0.2, 0) is 19.1 Å². The van der Waals surface area contributed by atoms with Gasteiger partial charge in [0.15, 0.2) is 6.04 Å². The van der Waals surface area contributed by atoms with E-state index >= 15 is 0 Å². The monoisotopic (exact) mass is 274 g/mol. The summed E-state index contributed by atoms with van der Waals surface area (Å²) in [6.45, 7) is 5.06. The number of nitrogens with zero attached hydrogens (tertiary/aromatic N) is 1. The Labute approximate surface area is 110 Å². The minimum Gasteiger partial charge on any atom is -0.479 e. The average Bonchev–Trinajstić information content (AvgIpc) is 2.32. The number of rotatable bonds is 8. The normalized spacial score (nSPS) is 13.5. The van der Waals surface area contributed by atoms with E-state index in [1.807, 2.05) is 5.32 Å². The lowest BCUT2D eigenvalue weighted by molar-refractivity contribution is -0.156. The molecule has 0 saturated heterocycles. The lowest BCUT2D eigenvalue weighted by atomic mass is 10.0. The Hall–Kier alpha value is -1.99. The molecule has 0 aliphatic carbocycles. The molecule has 1 amide bonds. The molecule has 2 N–H and O–H groups in total. The van der Waals surface area contributed by atoms with Gasteiger partial charge in [-0.2, -0.15) is 0 Å². The molecule has 0 bridgehead atoms. The van der Waals surface area contributed by atoms with Gasteiger partial charge in [-0.05, 0) is 19.3 Å². The van der Waals surface area contributed by atoms with Gasteiger partial charge < -0.3 is 15.2 Å². The Morgan fingerprint density at radius 1 is 1.32 bits per heavy atom. The molecule has 8 heteroatoms. The van der Waals surface area contributed by atoms with Gasteiger partial charge in [-0.1, -0.05) is 19.0 Å². The van der Waals surface area contributed by atoms with Gasteiger partial charge in [-0.15, -0.1) is 4.91 Å². The molecule has 0 aromatic heterocycles. The van der Waals surface area contributed by atoms with Gasteiger partial charge in [-0.25, -0.2) is 9.59 Å². The van der Waals surface area contributed by atoms with Gasteiger partial charge in [0.2, 0.25) is 11.9 Å². The van der Waals surface area contributed by atoms with E-state index in [0.29, 0.717) is 0 Å². The highest BCUT2D eigenvalue weighted by Crippen LogP contribution is 2.08. The fourth-order valence-electron chi connectivity index (χ4n) is 1.33. The van der Waals surface area contributed by atoms with E-state index in [4.69, 9.17) is 5.11 Å². The number of esters is 1. The van der Waals surface area contributed by atoms with E-state index in [1.165, 1.54) is 6.92 Å². The number of aliphatic carboxylic acids is 1. The maximum absolute atomic E-state index is 11.7. The smallest absolute Gasteiger partial charge is 0.340 e. The summed E-state index contributed by atoms with van der Waals surface area (Å²) in [6.07, 6.45) is 0.171. The zero-order chi connectivity index (χ0) is 15.0. The second-order valence-electron chi connectivity index (χ2n) is 4.28. The zero-order valence-electron chi connectivity index (χ0n) is 11.1. The Bertz CT molecular complexity index is 355. The summed E-state index contributed by atoms with van der Waals surface area (Å²) in [4.78, 5) is 44.4. The maximum atomic E-state index is 11.7. The topological polar surface area (TPSA) is 122 Å². The van der Waals surface area contributed by atoms with Crippen LogP contribution in [0.3, 0.4) is 0 Å². The number of ether oxygens (including phenoxy) is 1. The molecule has 0 heterocycles. The summed E-state index contributed by atoms with van der Waals surface area (Å²) >= 11 is 0. The molecule has 0 rings (SSSR count). The molecule has 19 heavy (non-hydrogen) atoms. The Morgan fingerprint density at radius 2 is 1.89 bits per heavy atom. The summed E-state index contributed by atoms with van der Waals surface area (Å²) in [5.41, 5.74) is 0. The lowest BCUT2D eigenvalue weighted by Gasteiger charge is -2.16. The van der Waals surface area contributed by atoms with Crippen LogP contribution in [0.2, 0.25) is 0 Å². The van der Waals surface area contributed by atoms with E-state index in [1.54, 1.807) is 13.8 Å². The second-order valence-corrected chi connectivity index (χ2v) is 4.28. The number of amides is 1. The minimum absolute atomic E-state index is 0.0141. The van der Waals surface area contributed by atoms with Crippen LogP contribution in [0.15, 0.2) is 5.18 Å². The van der Waals surface area contributed by atoms with Gasteiger partial charge in [0.25, 0.3) is 0 Å². The average molecular weight is 274 g/mol. The van der Waals surface area contributed by atoms with Gasteiger partial charge in [0.1, 0.15) is 0 Å². The van der Waals surface area contributed by atoms with E-state index in [0.717, 1.165) is 0 Å². The highest BCUT2D eigenvalue weighted by molar-refractivity contribution is 6.02. The molecule has 2 unspecified atom stereocenters. The summed E-state index contributed by atoms with van der Waals surface area (Å²) in [5, 5.41) is 13.4. The number of hydrogen-bond donors (Lipinski definition) is 2. The summed E-state index contributed by atoms with van der Waals surface area (Å²) in [5.74, 6) is -3.51.